The molecule has 18 heavy (non-hydrogen) atoms. The molecule has 0 aliphatic heterocycles. The molecule has 0 amide bonds. The Morgan fingerprint density at radius 3 is 2.33 bits per heavy atom. The van der Waals surface area contributed by atoms with Gasteiger partial charge in [-0.3, -0.25) is 4.79 Å². The Balaban J connectivity index is 2.17. The third-order valence-corrected chi connectivity index (χ3v) is 4.52. The largest absolute Gasteiger partial charge is 0.294 e. The van der Waals surface area contributed by atoms with Gasteiger partial charge in [-0.2, -0.15) is 0 Å². The van der Waals surface area contributed by atoms with Crippen molar-refractivity contribution in [3.63, 3.8) is 0 Å². The van der Waals surface area contributed by atoms with E-state index in [-0.39, 0.29) is 10.7 Å². The van der Waals surface area contributed by atoms with Crippen molar-refractivity contribution in [1.29, 1.82) is 0 Å². The number of carbonyl (C=O) groups excluding carboxylic acids is 1. The van der Waals surface area contributed by atoms with Crippen LogP contribution in [0.1, 0.15) is 15.2 Å². The molecule has 94 valence electrons. The molecular weight excluding hydrogens is 268 g/mol. The van der Waals surface area contributed by atoms with Crippen LogP contribution in [0, 0.1) is 0 Å². The highest BCUT2D eigenvalue weighted by Gasteiger charge is 2.10. The molecule has 0 bridgehead atoms. The number of rotatable bonds is 4. The summed E-state index contributed by atoms with van der Waals surface area (Å²) in [6.07, 6.45) is 1.51. The molecule has 0 radical (unpaired) electrons. The summed E-state index contributed by atoms with van der Waals surface area (Å²) in [5.41, 5.74) is 0.538. The van der Waals surface area contributed by atoms with E-state index in [0.29, 0.717) is 12.0 Å². The number of hydrogen-bond donors (Lipinski definition) is 0. The van der Waals surface area contributed by atoms with E-state index in [0.717, 1.165) is 11.1 Å². The van der Waals surface area contributed by atoms with Crippen molar-refractivity contribution in [3.8, 4) is 0 Å². The van der Waals surface area contributed by atoms with Crippen molar-refractivity contribution in [2.45, 2.75) is 11.3 Å². The predicted molar refractivity (Wildman–Crippen MR) is 71.9 cm³/mol. The minimum Gasteiger partial charge on any atom is -0.294 e. The topological polar surface area (TPSA) is 51.2 Å². The van der Waals surface area contributed by atoms with Crippen molar-refractivity contribution in [3.05, 3.63) is 52.2 Å². The fourth-order valence-corrected chi connectivity index (χ4v) is 2.90. The van der Waals surface area contributed by atoms with Gasteiger partial charge in [0.05, 0.1) is 4.90 Å². The summed E-state index contributed by atoms with van der Waals surface area (Å²) >= 11 is 1.54. The van der Waals surface area contributed by atoms with Gasteiger partial charge in [0, 0.05) is 23.1 Å². The lowest BCUT2D eigenvalue weighted by atomic mass is 10.1. The van der Waals surface area contributed by atoms with Gasteiger partial charge in [0.25, 0.3) is 0 Å². The van der Waals surface area contributed by atoms with E-state index in [2.05, 4.69) is 0 Å². The average molecular weight is 280 g/mol. The van der Waals surface area contributed by atoms with E-state index in [4.69, 9.17) is 0 Å². The summed E-state index contributed by atoms with van der Waals surface area (Å²) in [5.74, 6) is -0.00231. The summed E-state index contributed by atoms with van der Waals surface area (Å²) in [7, 11) is -3.20. The smallest absolute Gasteiger partial charge is 0.175 e. The van der Waals surface area contributed by atoms with E-state index < -0.39 is 9.84 Å². The highest BCUT2D eigenvalue weighted by molar-refractivity contribution is 7.90. The minimum atomic E-state index is -3.20. The van der Waals surface area contributed by atoms with Gasteiger partial charge in [0.1, 0.15) is 0 Å². The molecule has 0 atom stereocenters. The highest BCUT2D eigenvalue weighted by atomic mass is 32.2. The normalized spacial score (nSPS) is 11.4. The van der Waals surface area contributed by atoms with E-state index in [1.54, 1.807) is 12.1 Å². The Bertz CT molecular complexity index is 638. The van der Waals surface area contributed by atoms with Crippen LogP contribution in [-0.2, 0) is 16.3 Å². The number of thiophene rings is 1. The number of ketones is 1. The zero-order valence-corrected chi connectivity index (χ0v) is 11.4. The molecule has 5 heteroatoms. The Labute approximate surface area is 110 Å². The van der Waals surface area contributed by atoms with Gasteiger partial charge in [0.15, 0.2) is 15.6 Å². The van der Waals surface area contributed by atoms with Crippen LogP contribution in [-0.4, -0.2) is 20.5 Å². The number of benzene rings is 1. The van der Waals surface area contributed by atoms with E-state index in [1.165, 1.54) is 23.5 Å². The number of Topliss-reactive ketones (excluding diaryl/α,β-unsaturated/α-hetero) is 1. The first-order valence-corrected chi connectivity index (χ1v) is 8.09. The van der Waals surface area contributed by atoms with Crippen LogP contribution >= 0.6 is 11.3 Å². The second-order valence-electron chi connectivity index (χ2n) is 3.98. The fraction of sp³-hybridized carbons (Fsp3) is 0.154. The first kappa shape index (κ1) is 13.0. The molecule has 3 nitrogen and oxygen atoms in total. The van der Waals surface area contributed by atoms with Crippen LogP contribution in [0.4, 0.5) is 0 Å². The van der Waals surface area contributed by atoms with Crippen LogP contribution < -0.4 is 0 Å². The summed E-state index contributed by atoms with van der Waals surface area (Å²) in [4.78, 5) is 13.2. The van der Waals surface area contributed by atoms with Crippen molar-refractivity contribution < 1.29 is 13.2 Å². The Hall–Kier alpha value is -1.46. The minimum absolute atomic E-state index is 0.00231. The molecule has 0 spiro atoms. The quantitative estimate of drug-likeness (QED) is 0.809. The molecule has 1 aromatic heterocycles. The lowest BCUT2D eigenvalue weighted by Gasteiger charge is -2.01. The second-order valence-corrected chi connectivity index (χ2v) is 7.02. The number of carbonyl (C=O) groups is 1. The number of sulfone groups is 1. The molecule has 0 unspecified atom stereocenters. The third kappa shape index (κ3) is 3.05. The van der Waals surface area contributed by atoms with E-state index in [1.807, 2.05) is 17.5 Å². The lowest BCUT2D eigenvalue weighted by Crippen LogP contribution is -2.03. The summed E-state index contributed by atoms with van der Waals surface area (Å²) < 4.78 is 22.6. The Kier molecular flexibility index (Phi) is 3.63. The fourth-order valence-electron chi connectivity index (χ4n) is 1.56. The van der Waals surface area contributed by atoms with Crippen molar-refractivity contribution in [2.24, 2.45) is 0 Å². The standard InChI is InChI=1S/C13H12O3S2/c1-18(15,16)12-6-4-10(5-7-12)13(14)9-11-3-2-8-17-11/h2-8H,9H2,1H3. The van der Waals surface area contributed by atoms with Crippen LogP contribution in [0.2, 0.25) is 0 Å². The second kappa shape index (κ2) is 5.04. The summed E-state index contributed by atoms with van der Waals surface area (Å²) in [6.45, 7) is 0. The SMILES string of the molecule is CS(=O)(=O)c1ccc(C(=O)Cc2cccs2)cc1. The number of hydrogen-bond acceptors (Lipinski definition) is 4. The average Bonchev–Trinajstić information content (AvgIpc) is 2.81. The molecule has 0 aliphatic rings. The molecule has 2 rings (SSSR count). The summed E-state index contributed by atoms with van der Waals surface area (Å²) in [5, 5.41) is 1.93. The van der Waals surface area contributed by atoms with E-state index >= 15 is 0 Å². The van der Waals surface area contributed by atoms with Gasteiger partial charge in [-0.15, -0.1) is 11.3 Å². The molecule has 0 saturated carbocycles. The van der Waals surface area contributed by atoms with Crippen molar-refractivity contribution in [1.82, 2.24) is 0 Å². The molecule has 1 aromatic carbocycles. The molecule has 0 saturated heterocycles. The molecule has 0 N–H and O–H groups in total. The van der Waals surface area contributed by atoms with Crippen molar-refractivity contribution in [2.75, 3.05) is 6.26 Å². The molecule has 0 fully saturated rings. The third-order valence-electron chi connectivity index (χ3n) is 2.52. The first-order chi connectivity index (χ1) is 8.47. The van der Waals surface area contributed by atoms with Gasteiger partial charge in [-0.05, 0) is 23.6 Å². The van der Waals surface area contributed by atoms with Crippen LogP contribution in [0.25, 0.3) is 0 Å². The maximum atomic E-state index is 11.9. The van der Waals surface area contributed by atoms with Gasteiger partial charge >= 0.3 is 0 Å². The van der Waals surface area contributed by atoms with Gasteiger partial charge in [-0.1, -0.05) is 18.2 Å². The molecule has 0 aliphatic carbocycles. The van der Waals surface area contributed by atoms with Gasteiger partial charge in [-0.25, -0.2) is 8.42 Å². The van der Waals surface area contributed by atoms with Crippen LogP contribution in [0.3, 0.4) is 0 Å². The monoisotopic (exact) mass is 280 g/mol. The van der Waals surface area contributed by atoms with Gasteiger partial charge < -0.3 is 0 Å². The Morgan fingerprint density at radius 2 is 1.83 bits per heavy atom. The molecular formula is C13H12O3S2. The Morgan fingerprint density at radius 1 is 1.17 bits per heavy atom. The lowest BCUT2D eigenvalue weighted by molar-refractivity contribution is 0.0993. The van der Waals surface area contributed by atoms with Crippen LogP contribution in [0.5, 0.6) is 0 Å². The maximum absolute atomic E-state index is 11.9. The highest BCUT2D eigenvalue weighted by Crippen LogP contribution is 2.15. The van der Waals surface area contributed by atoms with E-state index in [9.17, 15) is 13.2 Å². The zero-order chi connectivity index (χ0) is 13.2. The van der Waals surface area contributed by atoms with Crippen molar-refractivity contribution >= 4 is 27.0 Å². The molecule has 2 aromatic rings. The molecule has 1 heterocycles. The van der Waals surface area contributed by atoms with Crippen LogP contribution in [0.15, 0.2) is 46.7 Å². The predicted octanol–water partition coefficient (Wildman–Crippen LogP) is 2.58. The summed E-state index contributed by atoms with van der Waals surface area (Å²) in [6, 6.07) is 9.88. The zero-order valence-electron chi connectivity index (χ0n) is 9.79. The van der Waals surface area contributed by atoms with Gasteiger partial charge in [0.2, 0.25) is 0 Å². The first-order valence-electron chi connectivity index (χ1n) is 5.32. The maximum Gasteiger partial charge on any atom is 0.175 e.